The fourth-order valence-electron chi connectivity index (χ4n) is 4.19. The summed E-state index contributed by atoms with van der Waals surface area (Å²) in [5.74, 6) is 0. The summed E-state index contributed by atoms with van der Waals surface area (Å²) in [6, 6.07) is 0. The van der Waals surface area contributed by atoms with Crippen LogP contribution in [0, 0.1) is 0 Å². The van der Waals surface area contributed by atoms with E-state index in [9.17, 15) is 0 Å². The third-order valence-corrected chi connectivity index (χ3v) is 14.9. The molecule has 0 aromatic rings. The van der Waals surface area contributed by atoms with Gasteiger partial charge in [0.15, 0.2) is 0 Å². The molecule has 0 amide bonds. The molecule has 0 radical (unpaired) electrons. The molecule has 0 saturated carbocycles. The van der Waals surface area contributed by atoms with E-state index < -0.39 is 17.0 Å². The van der Waals surface area contributed by atoms with Gasteiger partial charge in [0.25, 0.3) is 0 Å². The summed E-state index contributed by atoms with van der Waals surface area (Å²) in [4.78, 5) is 0. The smallest absolute Gasteiger partial charge is 0.376 e. The van der Waals surface area contributed by atoms with E-state index in [1.807, 2.05) is 0 Å². The quantitative estimate of drug-likeness (QED) is 0.608. The van der Waals surface area contributed by atoms with E-state index in [0.717, 1.165) is 6.17 Å². The first-order valence-corrected chi connectivity index (χ1v) is 11.6. The summed E-state index contributed by atoms with van der Waals surface area (Å²) in [7, 11) is 3.07. The molecule has 0 unspecified atom stereocenters. The molecule has 0 atom stereocenters. The van der Waals surface area contributed by atoms with Gasteiger partial charge in [-0.05, 0) is 23.7 Å². The molecule has 0 fully saturated rings. The van der Waals surface area contributed by atoms with Gasteiger partial charge in [-0.2, -0.15) is 0 Å². The average molecular weight is 322 g/mol. The molecule has 0 spiro atoms. The zero-order chi connectivity index (χ0) is 16.1. The normalized spacial score (nSPS) is 14.1. The van der Waals surface area contributed by atoms with Gasteiger partial charge in [-0.15, -0.1) is 0 Å². The van der Waals surface area contributed by atoms with Crippen LogP contribution in [-0.4, -0.2) is 56.2 Å². The summed E-state index contributed by atoms with van der Waals surface area (Å²) in [5.41, 5.74) is 2.01. The van der Waals surface area contributed by atoms with Crippen LogP contribution in [0.2, 0.25) is 16.6 Å². The lowest BCUT2D eigenvalue weighted by molar-refractivity contribution is 0.115. The van der Waals surface area contributed by atoms with Crippen molar-refractivity contribution in [3.8, 4) is 0 Å². The van der Waals surface area contributed by atoms with Crippen LogP contribution in [-0.2, 0) is 13.3 Å². The lowest BCUT2D eigenvalue weighted by atomic mass is 10.5. The first kappa shape index (κ1) is 20.3. The molecule has 0 rings (SSSR count). The minimum atomic E-state index is -2.57. The minimum Gasteiger partial charge on any atom is -0.376 e. The molecule has 0 aliphatic carbocycles. The molecule has 0 aromatic heterocycles. The fraction of sp³-hybridized carbons (Fsp3) is 1.00. The number of hydrogen-bond donors (Lipinski definition) is 0. The van der Waals surface area contributed by atoms with Crippen LogP contribution in [0.3, 0.4) is 0 Å². The highest BCUT2D eigenvalue weighted by atomic mass is 28.4. The van der Waals surface area contributed by atoms with Gasteiger partial charge >= 0.3 is 8.80 Å². The Morgan fingerprint density at radius 3 is 1.25 bits per heavy atom. The molecular formula is C14H35NO3Si2. The molecule has 0 aliphatic rings. The van der Waals surface area contributed by atoms with E-state index in [-0.39, 0.29) is 0 Å². The van der Waals surface area contributed by atoms with Crippen molar-refractivity contribution in [3.63, 3.8) is 0 Å². The highest BCUT2D eigenvalue weighted by Crippen LogP contribution is 2.43. The van der Waals surface area contributed by atoms with Crippen LogP contribution in [0.1, 0.15) is 41.5 Å². The summed E-state index contributed by atoms with van der Waals surface area (Å²) in [6.45, 7) is 14.2. The number of rotatable bonds is 9. The molecule has 0 N–H and O–H groups in total. The Labute approximate surface area is 128 Å². The molecule has 6 heteroatoms. The summed E-state index contributed by atoms with van der Waals surface area (Å²) >= 11 is 0. The van der Waals surface area contributed by atoms with E-state index in [0.29, 0.717) is 16.6 Å². The minimum absolute atomic E-state index is 0.671. The van der Waals surface area contributed by atoms with Crippen LogP contribution in [0.15, 0.2) is 0 Å². The Hall–Kier alpha value is 0.274. The topological polar surface area (TPSA) is 30.9 Å². The summed E-state index contributed by atoms with van der Waals surface area (Å²) in [6.07, 6.45) is 0.761. The molecule has 0 aliphatic heterocycles. The summed E-state index contributed by atoms with van der Waals surface area (Å²) in [5, 5.41) is 0. The molecule has 4 nitrogen and oxygen atoms in total. The Bertz CT molecular complexity index is 252. The van der Waals surface area contributed by atoms with Crippen molar-refractivity contribution in [2.45, 2.75) is 58.2 Å². The largest absolute Gasteiger partial charge is 0.514 e. The van der Waals surface area contributed by atoms with Crippen LogP contribution >= 0.6 is 0 Å². The monoisotopic (exact) mass is 321 g/mol. The second kappa shape index (κ2) is 8.05. The predicted molar refractivity (Wildman–Crippen MR) is 90.5 cm³/mol. The van der Waals surface area contributed by atoms with Crippen molar-refractivity contribution in [1.29, 1.82) is 0 Å². The molecule has 20 heavy (non-hydrogen) atoms. The molecule has 122 valence electrons. The molecule has 0 aromatic carbocycles. The highest BCUT2D eigenvalue weighted by Gasteiger charge is 2.51. The Balaban J connectivity index is 5.51. The average Bonchev–Trinajstić information content (AvgIpc) is 2.35. The van der Waals surface area contributed by atoms with Gasteiger partial charge < -0.3 is 17.8 Å². The van der Waals surface area contributed by atoms with Gasteiger partial charge in [0.2, 0.25) is 0 Å². The third-order valence-electron chi connectivity index (χ3n) is 4.80. The molecular weight excluding hydrogens is 286 g/mol. The Morgan fingerprint density at radius 2 is 1.05 bits per heavy atom. The SMILES string of the molecule is CO[Si](CN(C)[Si](C(C)C)(C(C)C)C(C)C)(OC)OC. The maximum absolute atomic E-state index is 5.62. The van der Waals surface area contributed by atoms with Crippen LogP contribution in [0.25, 0.3) is 0 Å². The van der Waals surface area contributed by atoms with Gasteiger partial charge in [-0.25, -0.2) is 0 Å². The number of nitrogens with zero attached hydrogens (tertiary/aromatic N) is 1. The Morgan fingerprint density at radius 1 is 0.750 bits per heavy atom. The number of hydrogen-bond acceptors (Lipinski definition) is 4. The van der Waals surface area contributed by atoms with Crippen LogP contribution < -0.4 is 0 Å². The second-order valence-electron chi connectivity index (χ2n) is 6.50. The summed E-state index contributed by atoms with van der Waals surface area (Å²) < 4.78 is 19.4. The van der Waals surface area contributed by atoms with Crippen molar-refractivity contribution >= 4 is 17.0 Å². The lowest BCUT2D eigenvalue weighted by Crippen LogP contribution is -2.64. The molecule has 0 heterocycles. The predicted octanol–water partition coefficient (Wildman–Crippen LogP) is 3.51. The first-order valence-electron chi connectivity index (χ1n) is 7.51. The Kier molecular flexibility index (Phi) is 8.16. The van der Waals surface area contributed by atoms with Crippen LogP contribution in [0.5, 0.6) is 0 Å². The highest BCUT2D eigenvalue weighted by molar-refractivity contribution is 6.81. The van der Waals surface area contributed by atoms with E-state index in [2.05, 4.69) is 53.2 Å². The first-order chi connectivity index (χ1) is 9.14. The van der Waals surface area contributed by atoms with Crippen molar-refractivity contribution in [2.24, 2.45) is 0 Å². The molecule has 0 bridgehead atoms. The fourth-order valence-corrected chi connectivity index (χ4v) is 14.0. The van der Waals surface area contributed by atoms with Crippen molar-refractivity contribution in [1.82, 2.24) is 4.57 Å². The van der Waals surface area contributed by atoms with Crippen molar-refractivity contribution in [2.75, 3.05) is 34.5 Å². The zero-order valence-corrected chi connectivity index (χ0v) is 17.1. The van der Waals surface area contributed by atoms with Crippen molar-refractivity contribution in [3.05, 3.63) is 0 Å². The van der Waals surface area contributed by atoms with E-state index >= 15 is 0 Å². The maximum atomic E-state index is 5.62. The molecule has 0 saturated heterocycles. The zero-order valence-electron chi connectivity index (χ0n) is 15.1. The van der Waals surface area contributed by atoms with Gasteiger partial charge in [0.1, 0.15) is 8.24 Å². The van der Waals surface area contributed by atoms with E-state index in [4.69, 9.17) is 13.3 Å². The van der Waals surface area contributed by atoms with Crippen LogP contribution in [0.4, 0.5) is 0 Å². The van der Waals surface area contributed by atoms with Gasteiger partial charge in [-0.1, -0.05) is 41.5 Å². The van der Waals surface area contributed by atoms with Gasteiger partial charge in [0.05, 0.1) is 6.17 Å². The second-order valence-corrected chi connectivity index (χ2v) is 15.4. The van der Waals surface area contributed by atoms with Gasteiger partial charge in [0, 0.05) is 21.3 Å². The van der Waals surface area contributed by atoms with E-state index in [1.165, 1.54) is 0 Å². The standard InChI is InChI=1S/C14H35NO3Si2/c1-12(2)20(13(3)4,14(5)6)15(7)11-19(16-8,17-9)18-10/h12-14H,11H2,1-10H3. The van der Waals surface area contributed by atoms with Crippen molar-refractivity contribution < 1.29 is 13.3 Å². The van der Waals surface area contributed by atoms with Gasteiger partial charge in [-0.3, -0.25) is 0 Å². The maximum Gasteiger partial charge on any atom is 0.514 e. The third kappa shape index (κ3) is 3.72. The lowest BCUT2D eigenvalue weighted by Gasteiger charge is -2.50. The van der Waals surface area contributed by atoms with E-state index in [1.54, 1.807) is 21.3 Å².